The second kappa shape index (κ2) is 9.47. The Balaban J connectivity index is 2.39. The molecule has 118 valence electrons. The van der Waals surface area contributed by atoms with Gasteiger partial charge in [0.1, 0.15) is 5.75 Å². The standard InChI is InChI=1S/C15H22ClNO4/c16-8-7-11-5-6-14(19)12(10-11)13(18)4-2-1-3-9-17-15(20)21/h5-6,10,13,17-19H,1-4,7-9H2,(H,20,21). The lowest BCUT2D eigenvalue weighted by Gasteiger charge is -2.14. The molecule has 1 aromatic carbocycles. The fourth-order valence-electron chi connectivity index (χ4n) is 2.13. The fourth-order valence-corrected chi connectivity index (χ4v) is 2.34. The van der Waals surface area contributed by atoms with E-state index in [1.165, 1.54) is 0 Å². The summed E-state index contributed by atoms with van der Waals surface area (Å²) >= 11 is 5.69. The molecule has 0 radical (unpaired) electrons. The molecular formula is C15H22ClNO4. The number of rotatable bonds is 9. The Kier molecular flexibility index (Phi) is 7.93. The van der Waals surface area contributed by atoms with Crippen molar-refractivity contribution in [2.75, 3.05) is 12.4 Å². The number of phenols is 1. The van der Waals surface area contributed by atoms with Crippen molar-refractivity contribution >= 4 is 17.7 Å². The van der Waals surface area contributed by atoms with Gasteiger partial charge in [0, 0.05) is 18.0 Å². The smallest absolute Gasteiger partial charge is 0.404 e. The third-order valence-electron chi connectivity index (χ3n) is 3.26. The number of carboxylic acid groups (broad SMARTS) is 1. The second-order valence-electron chi connectivity index (χ2n) is 4.93. The average molecular weight is 316 g/mol. The predicted octanol–water partition coefficient (Wildman–Crippen LogP) is 3.03. The first-order valence-electron chi connectivity index (χ1n) is 7.07. The molecule has 0 saturated heterocycles. The molecule has 1 atom stereocenters. The minimum Gasteiger partial charge on any atom is -0.508 e. The number of unbranched alkanes of at least 4 members (excludes halogenated alkanes) is 2. The van der Waals surface area contributed by atoms with E-state index in [1.54, 1.807) is 18.2 Å². The summed E-state index contributed by atoms with van der Waals surface area (Å²) in [6, 6.07) is 5.16. The third kappa shape index (κ3) is 6.69. The molecular weight excluding hydrogens is 294 g/mol. The van der Waals surface area contributed by atoms with E-state index >= 15 is 0 Å². The Labute approximate surface area is 129 Å². The molecule has 0 bridgehead atoms. The molecule has 0 aliphatic carbocycles. The molecule has 5 nitrogen and oxygen atoms in total. The average Bonchev–Trinajstić information content (AvgIpc) is 2.44. The Morgan fingerprint density at radius 2 is 2.05 bits per heavy atom. The molecule has 0 fully saturated rings. The van der Waals surface area contributed by atoms with Gasteiger partial charge in [-0.2, -0.15) is 0 Å². The van der Waals surface area contributed by atoms with E-state index in [4.69, 9.17) is 16.7 Å². The van der Waals surface area contributed by atoms with Crippen LogP contribution in [0.2, 0.25) is 0 Å². The van der Waals surface area contributed by atoms with Crippen molar-refractivity contribution in [1.29, 1.82) is 0 Å². The molecule has 4 N–H and O–H groups in total. The van der Waals surface area contributed by atoms with Gasteiger partial charge in [0.15, 0.2) is 0 Å². The van der Waals surface area contributed by atoms with E-state index in [9.17, 15) is 15.0 Å². The number of halogens is 1. The van der Waals surface area contributed by atoms with Gasteiger partial charge in [0.2, 0.25) is 0 Å². The highest BCUT2D eigenvalue weighted by Gasteiger charge is 2.12. The normalized spacial score (nSPS) is 12.1. The van der Waals surface area contributed by atoms with Crippen molar-refractivity contribution in [2.24, 2.45) is 0 Å². The van der Waals surface area contributed by atoms with Crippen LogP contribution >= 0.6 is 11.6 Å². The van der Waals surface area contributed by atoms with Gasteiger partial charge >= 0.3 is 6.09 Å². The lowest BCUT2D eigenvalue weighted by molar-refractivity contribution is 0.159. The summed E-state index contributed by atoms with van der Waals surface area (Å²) in [5, 5.41) is 30.7. The van der Waals surface area contributed by atoms with Crippen LogP contribution in [0.25, 0.3) is 0 Å². The van der Waals surface area contributed by atoms with Crippen LogP contribution in [0.3, 0.4) is 0 Å². The monoisotopic (exact) mass is 315 g/mol. The largest absolute Gasteiger partial charge is 0.508 e. The molecule has 0 aromatic heterocycles. The van der Waals surface area contributed by atoms with Crippen LogP contribution in [-0.4, -0.2) is 33.8 Å². The number of carbonyl (C=O) groups is 1. The summed E-state index contributed by atoms with van der Waals surface area (Å²) in [5.74, 6) is 0.588. The third-order valence-corrected chi connectivity index (χ3v) is 3.45. The number of amides is 1. The number of aryl methyl sites for hydroxylation is 1. The van der Waals surface area contributed by atoms with Crippen LogP contribution in [0.5, 0.6) is 5.75 Å². The molecule has 0 saturated carbocycles. The van der Waals surface area contributed by atoms with Gasteiger partial charge in [0.25, 0.3) is 0 Å². The van der Waals surface area contributed by atoms with Crippen LogP contribution in [0.4, 0.5) is 4.79 Å². The SMILES string of the molecule is O=C(O)NCCCCCC(O)c1cc(CCCl)ccc1O. The summed E-state index contributed by atoms with van der Waals surface area (Å²) in [5.41, 5.74) is 1.52. The highest BCUT2D eigenvalue weighted by atomic mass is 35.5. The number of hydrogen-bond acceptors (Lipinski definition) is 3. The molecule has 6 heteroatoms. The number of aliphatic hydroxyl groups is 1. The Bertz CT molecular complexity index is 453. The van der Waals surface area contributed by atoms with Crippen molar-refractivity contribution in [3.8, 4) is 5.75 Å². The first-order chi connectivity index (χ1) is 10.0. The number of benzene rings is 1. The summed E-state index contributed by atoms with van der Waals surface area (Å²) in [7, 11) is 0. The zero-order valence-electron chi connectivity index (χ0n) is 11.9. The van der Waals surface area contributed by atoms with E-state index < -0.39 is 12.2 Å². The zero-order valence-corrected chi connectivity index (χ0v) is 12.6. The van der Waals surface area contributed by atoms with Crippen molar-refractivity contribution in [3.63, 3.8) is 0 Å². The fraction of sp³-hybridized carbons (Fsp3) is 0.533. The maximum atomic E-state index is 10.3. The lowest BCUT2D eigenvalue weighted by Crippen LogP contribution is -2.21. The molecule has 1 aromatic rings. The second-order valence-corrected chi connectivity index (χ2v) is 5.31. The van der Waals surface area contributed by atoms with Crippen molar-refractivity contribution in [1.82, 2.24) is 5.32 Å². The summed E-state index contributed by atoms with van der Waals surface area (Å²) in [6.45, 7) is 0.419. The summed E-state index contributed by atoms with van der Waals surface area (Å²) in [4.78, 5) is 10.3. The number of alkyl halides is 1. The number of nitrogens with one attached hydrogen (secondary N) is 1. The summed E-state index contributed by atoms with van der Waals surface area (Å²) in [6.07, 6.45) is 1.81. The predicted molar refractivity (Wildman–Crippen MR) is 82.0 cm³/mol. The van der Waals surface area contributed by atoms with Gasteiger partial charge in [-0.3, -0.25) is 0 Å². The quantitative estimate of drug-likeness (QED) is 0.416. The minimum absolute atomic E-state index is 0.0911. The molecule has 0 aliphatic rings. The minimum atomic E-state index is -1.02. The number of phenolic OH excluding ortho intramolecular Hbond substituents is 1. The first-order valence-corrected chi connectivity index (χ1v) is 7.60. The lowest BCUT2D eigenvalue weighted by atomic mass is 9.99. The van der Waals surface area contributed by atoms with Gasteiger partial charge in [-0.05, 0) is 37.0 Å². The Morgan fingerprint density at radius 3 is 2.71 bits per heavy atom. The van der Waals surface area contributed by atoms with Crippen LogP contribution in [-0.2, 0) is 6.42 Å². The summed E-state index contributed by atoms with van der Waals surface area (Å²) < 4.78 is 0. The topological polar surface area (TPSA) is 89.8 Å². The maximum absolute atomic E-state index is 10.3. The Hall–Kier alpha value is -1.46. The van der Waals surface area contributed by atoms with Crippen LogP contribution in [0, 0.1) is 0 Å². The molecule has 0 spiro atoms. The molecule has 1 unspecified atom stereocenters. The van der Waals surface area contributed by atoms with E-state index in [2.05, 4.69) is 5.32 Å². The molecule has 1 rings (SSSR count). The van der Waals surface area contributed by atoms with Gasteiger partial charge in [-0.15, -0.1) is 11.6 Å². The highest BCUT2D eigenvalue weighted by Crippen LogP contribution is 2.29. The first kappa shape index (κ1) is 17.6. The van der Waals surface area contributed by atoms with E-state index in [0.717, 1.165) is 24.8 Å². The zero-order chi connectivity index (χ0) is 15.7. The molecule has 0 heterocycles. The number of aromatic hydroxyl groups is 1. The van der Waals surface area contributed by atoms with E-state index in [-0.39, 0.29) is 5.75 Å². The van der Waals surface area contributed by atoms with Crippen LogP contribution in [0.1, 0.15) is 42.9 Å². The van der Waals surface area contributed by atoms with Crippen LogP contribution < -0.4 is 5.32 Å². The molecule has 1 amide bonds. The highest BCUT2D eigenvalue weighted by molar-refractivity contribution is 6.17. The van der Waals surface area contributed by atoms with Crippen LogP contribution in [0.15, 0.2) is 18.2 Å². The van der Waals surface area contributed by atoms with Gasteiger partial charge < -0.3 is 20.6 Å². The maximum Gasteiger partial charge on any atom is 0.404 e. The van der Waals surface area contributed by atoms with Gasteiger partial charge in [-0.25, -0.2) is 4.79 Å². The molecule has 0 aliphatic heterocycles. The van der Waals surface area contributed by atoms with Crippen molar-refractivity contribution < 1.29 is 20.1 Å². The van der Waals surface area contributed by atoms with Gasteiger partial charge in [-0.1, -0.05) is 18.9 Å². The van der Waals surface area contributed by atoms with E-state index in [1.807, 2.05) is 0 Å². The van der Waals surface area contributed by atoms with E-state index in [0.29, 0.717) is 30.8 Å². The molecule has 21 heavy (non-hydrogen) atoms. The van der Waals surface area contributed by atoms with Crippen molar-refractivity contribution in [3.05, 3.63) is 29.3 Å². The van der Waals surface area contributed by atoms with Gasteiger partial charge in [0.05, 0.1) is 6.10 Å². The number of aliphatic hydroxyl groups excluding tert-OH is 1. The Morgan fingerprint density at radius 1 is 1.29 bits per heavy atom. The van der Waals surface area contributed by atoms with Crippen molar-refractivity contribution in [2.45, 2.75) is 38.2 Å². The number of hydrogen-bond donors (Lipinski definition) is 4.